The van der Waals surface area contributed by atoms with Gasteiger partial charge in [0.05, 0.1) is 6.10 Å². The Morgan fingerprint density at radius 2 is 1.70 bits per heavy atom. The molecule has 0 radical (unpaired) electrons. The van der Waals surface area contributed by atoms with Crippen molar-refractivity contribution in [2.75, 3.05) is 14.1 Å². The van der Waals surface area contributed by atoms with Crippen molar-refractivity contribution >= 4 is 11.8 Å². The van der Waals surface area contributed by atoms with Gasteiger partial charge in [-0.3, -0.25) is 0 Å². The molecule has 2 atom stereocenters. The molecule has 3 heteroatoms. The average Bonchev–Trinajstić information content (AvgIpc) is 2.84. The molecule has 0 unspecified atom stereocenters. The smallest absolute Gasteiger partial charge is 0.0899 e. The van der Waals surface area contributed by atoms with Crippen LogP contribution in [-0.2, 0) is 12.3 Å². The Hall–Kier alpha value is -2.07. The van der Waals surface area contributed by atoms with Crippen molar-refractivity contribution in [2.24, 2.45) is 0 Å². The lowest BCUT2D eigenvalue weighted by atomic mass is 9.81. The summed E-state index contributed by atoms with van der Waals surface area (Å²) in [6, 6.07) is 25.4. The minimum Gasteiger partial charge on any atom is -0.387 e. The summed E-state index contributed by atoms with van der Waals surface area (Å²) in [4.78, 5) is 3.42. The molecular weight excluding hydrogens is 350 g/mol. The molecule has 27 heavy (non-hydrogen) atoms. The first-order chi connectivity index (χ1) is 13.1. The van der Waals surface area contributed by atoms with Crippen LogP contribution in [0.25, 0.3) is 0 Å². The summed E-state index contributed by atoms with van der Waals surface area (Å²) in [6.07, 6.45) is -0.576. The van der Waals surface area contributed by atoms with Crippen LogP contribution in [0.3, 0.4) is 0 Å². The van der Waals surface area contributed by atoms with Crippen LogP contribution in [0.5, 0.6) is 0 Å². The molecule has 0 saturated carbocycles. The van der Waals surface area contributed by atoms with E-state index in [1.165, 1.54) is 27.1 Å². The fourth-order valence-electron chi connectivity index (χ4n) is 3.93. The Bertz CT molecular complexity index is 889. The van der Waals surface area contributed by atoms with Gasteiger partial charge in [0.2, 0.25) is 0 Å². The zero-order valence-corrected chi connectivity index (χ0v) is 16.6. The van der Waals surface area contributed by atoms with Crippen LogP contribution in [0, 0.1) is 0 Å². The lowest BCUT2D eigenvalue weighted by molar-refractivity contribution is 0.158. The normalized spacial score (nSPS) is 17.1. The van der Waals surface area contributed by atoms with E-state index in [0.717, 1.165) is 17.9 Å². The lowest BCUT2D eigenvalue weighted by Crippen LogP contribution is -2.15. The minimum absolute atomic E-state index is 0.0537. The molecule has 0 bridgehead atoms. The molecule has 3 aromatic carbocycles. The summed E-state index contributed by atoms with van der Waals surface area (Å²) < 4.78 is 0. The monoisotopic (exact) mass is 375 g/mol. The second-order valence-electron chi connectivity index (χ2n) is 7.43. The highest BCUT2D eigenvalue weighted by Crippen LogP contribution is 2.46. The SMILES string of the molecule is CN(C)Cc1cccc([C@@H](O)[C@H]2c3ccccc3CSc3ccccc32)c1. The molecule has 0 aromatic heterocycles. The van der Waals surface area contributed by atoms with Gasteiger partial charge in [0.15, 0.2) is 0 Å². The number of fused-ring (bicyclic) bond motifs is 2. The van der Waals surface area contributed by atoms with E-state index in [1.54, 1.807) is 0 Å². The summed E-state index contributed by atoms with van der Waals surface area (Å²) in [6.45, 7) is 0.869. The van der Waals surface area contributed by atoms with Crippen molar-refractivity contribution in [3.05, 3.63) is 101 Å². The predicted molar refractivity (Wildman–Crippen MR) is 113 cm³/mol. The fraction of sp³-hybridized carbons (Fsp3) is 0.250. The molecule has 1 N–H and O–H groups in total. The van der Waals surface area contributed by atoms with Gasteiger partial charge in [-0.05, 0) is 48.0 Å². The summed E-state index contributed by atoms with van der Waals surface area (Å²) in [5, 5.41) is 11.5. The van der Waals surface area contributed by atoms with Crippen molar-refractivity contribution in [1.29, 1.82) is 0 Å². The lowest BCUT2D eigenvalue weighted by Gasteiger charge is -2.26. The predicted octanol–water partition coefficient (Wildman–Crippen LogP) is 5.22. The highest BCUT2D eigenvalue weighted by Gasteiger charge is 2.30. The van der Waals surface area contributed by atoms with Crippen molar-refractivity contribution < 1.29 is 5.11 Å². The molecule has 138 valence electrons. The molecule has 0 aliphatic carbocycles. The van der Waals surface area contributed by atoms with Gasteiger partial charge in [0.25, 0.3) is 0 Å². The van der Waals surface area contributed by atoms with E-state index >= 15 is 0 Å². The third-order valence-electron chi connectivity index (χ3n) is 5.13. The van der Waals surface area contributed by atoms with Gasteiger partial charge in [-0.2, -0.15) is 0 Å². The molecule has 0 spiro atoms. The van der Waals surface area contributed by atoms with Crippen LogP contribution in [0.4, 0.5) is 0 Å². The maximum Gasteiger partial charge on any atom is 0.0899 e. The van der Waals surface area contributed by atoms with Gasteiger partial charge in [-0.25, -0.2) is 0 Å². The first-order valence-corrected chi connectivity index (χ1v) is 10.3. The standard InChI is InChI=1S/C24H25NOS/c1-25(2)15-17-8-7-10-18(14-17)24(26)23-20-11-4-3-9-19(20)16-27-22-13-6-5-12-21(22)23/h3-14,23-24,26H,15-16H2,1-2H3/t23-,24+/m0/s1. The second-order valence-corrected chi connectivity index (χ2v) is 8.45. The maximum atomic E-state index is 11.5. The molecular formula is C24H25NOS. The van der Waals surface area contributed by atoms with Crippen molar-refractivity contribution in [2.45, 2.75) is 29.2 Å². The number of aliphatic hydroxyl groups excluding tert-OH is 1. The van der Waals surface area contributed by atoms with Crippen molar-refractivity contribution in [3.8, 4) is 0 Å². The topological polar surface area (TPSA) is 23.5 Å². The van der Waals surface area contributed by atoms with Crippen LogP contribution in [0.2, 0.25) is 0 Å². The number of benzene rings is 3. The zero-order valence-electron chi connectivity index (χ0n) is 15.8. The number of nitrogens with zero attached hydrogens (tertiary/aromatic N) is 1. The van der Waals surface area contributed by atoms with Crippen LogP contribution in [0.15, 0.2) is 77.7 Å². The fourth-order valence-corrected chi connectivity index (χ4v) is 5.04. The Balaban J connectivity index is 1.80. The second kappa shape index (κ2) is 7.89. The zero-order chi connectivity index (χ0) is 18.8. The van der Waals surface area contributed by atoms with Crippen LogP contribution in [0.1, 0.15) is 39.8 Å². The Morgan fingerprint density at radius 1 is 0.963 bits per heavy atom. The number of aliphatic hydroxyl groups is 1. The molecule has 0 fully saturated rings. The van der Waals surface area contributed by atoms with E-state index in [1.807, 2.05) is 17.8 Å². The Morgan fingerprint density at radius 3 is 2.52 bits per heavy atom. The van der Waals surface area contributed by atoms with Crippen LogP contribution in [-0.4, -0.2) is 24.1 Å². The molecule has 0 saturated heterocycles. The van der Waals surface area contributed by atoms with Gasteiger partial charge in [-0.1, -0.05) is 66.7 Å². The third-order valence-corrected chi connectivity index (χ3v) is 6.27. The molecule has 1 aliphatic heterocycles. The molecule has 2 nitrogen and oxygen atoms in total. The van der Waals surface area contributed by atoms with Gasteiger partial charge < -0.3 is 10.0 Å². The number of hydrogen-bond donors (Lipinski definition) is 1. The summed E-state index contributed by atoms with van der Waals surface area (Å²) >= 11 is 1.86. The van der Waals surface area contributed by atoms with Crippen molar-refractivity contribution in [3.63, 3.8) is 0 Å². The first kappa shape index (κ1) is 18.3. The van der Waals surface area contributed by atoms with Gasteiger partial charge in [-0.15, -0.1) is 11.8 Å². The van der Waals surface area contributed by atoms with E-state index in [4.69, 9.17) is 0 Å². The number of thioether (sulfide) groups is 1. The largest absolute Gasteiger partial charge is 0.387 e. The van der Waals surface area contributed by atoms with Gasteiger partial charge >= 0.3 is 0 Å². The van der Waals surface area contributed by atoms with Crippen molar-refractivity contribution in [1.82, 2.24) is 4.90 Å². The molecule has 4 rings (SSSR count). The Kier molecular flexibility index (Phi) is 5.35. The maximum absolute atomic E-state index is 11.5. The molecule has 1 heterocycles. The quantitative estimate of drug-likeness (QED) is 0.676. The highest BCUT2D eigenvalue weighted by molar-refractivity contribution is 7.98. The third kappa shape index (κ3) is 3.81. The summed E-state index contributed by atoms with van der Waals surface area (Å²) in [5.41, 5.74) is 5.97. The summed E-state index contributed by atoms with van der Waals surface area (Å²) in [7, 11) is 4.14. The number of rotatable bonds is 4. The van der Waals surface area contributed by atoms with Crippen LogP contribution >= 0.6 is 11.8 Å². The van der Waals surface area contributed by atoms with Gasteiger partial charge in [0.1, 0.15) is 0 Å². The van der Waals surface area contributed by atoms with Crippen LogP contribution < -0.4 is 0 Å². The number of hydrogen-bond acceptors (Lipinski definition) is 3. The molecule has 3 aromatic rings. The average molecular weight is 376 g/mol. The van der Waals surface area contributed by atoms with E-state index in [2.05, 4.69) is 85.7 Å². The minimum atomic E-state index is -0.576. The van der Waals surface area contributed by atoms with E-state index < -0.39 is 6.10 Å². The van der Waals surface area contributed by atoms with E-state index in [0.29, 0.717) is 0 Å². The molecule has 1 aliphatic rings. The van der Waals surface area contributed by atoms with E-state index in [9.17, 15) is 5.11 Å². The summed E-state index contributed by atoms with van der Waals surface area (Å²) in [5.74, 6) is 0.888. The van der Waals surface area contributed by atoms with Gasteiger partial charge in [0, 0.05) is 23.1 Å². The first-order valence-electron chi connectivity index (χ1n) is 9.34. The molecule has 0 amide bonds. The Labute approximate surface area is 165 Å². The highest BCUT2D eigenvalue weighted by atomic mass is 32.2. The van der Waals surface area contributed by atoms with E-state index in [-0.39, 0.29) is 5.92 Å².